The number of hydrogen-bond acceptors (Lipinski definition) is 3. The van der Waals surface area contributed by atoms with E-state index in [9.17, 15) is 4.79 Å². The van der Waals surface area contributed by atoms with Gasteiger partial charge in [0.25, 0.3) is 0 Å². The molecule has 0 saturated heterocycles. The van der Waals surface area contributed by atoms with E-state index in [1.54, 1.807) is 18.1 Å². The van der Waals surface area contributed by atoms with Gasteiger partial charge >= 0.3 is 6.03 Å². The van der Waals surface area contributed by atoms with Crippen LogP contribution in [0.15, 0.2) is 36.5 Å². The highest BCUT2D eigenvalue weighted by atomic mass is 35.5. The summed E-state index contributed by atoms with van der Waals surface area (Å²) in [5.74, 6) is 0.642. The average molecular weight is 305 g/mol. The standard InChI is InChI=1S/C15H16N4O.ClH/c1-19-9-13-12(5-6-17-14(13)18-15(19)20)11-4-2-3-10(7-11)8-16;/h2-7H,8-9,16H2,1H3,(H,17,18,20);1H. The second-order valence-corrected chi connectivity index (χ2v) is 4.88. The molecular formula is C15H17ClN4O. The van der Waals surface area contributed by atoms with Crippen LogP contribution in [0.25, 0.3) is 11.1 Å². The van der Waals surface area contributed by atoms with Gasteiger partial charge in [0.1, 0.15) is 5.82 Å². The van der Waals surface area contributed by atoms with E-state index in [1.807, 2.05) is 24.3 Å². The lowest BCUT2D eigenvalue weighted by atomic mass is 9.98. The maximum atomic E-state index is 11.7. The van der Waals surface area contributed by atoms with Crippen LogP contribution in [0.1, 0.15) is 11.1 Å². The molecule has 1 aliphatic heterocycles. The summed E-state index contributed by atoms with van der Waals surface area (Å²) in [5, 5.41) is 2.80. The van der Waals surface area contributed by atoms with Crippen molar-refractivity contribution in [2.75, 3.05) is 12.4 Å². The van der Waals surface area contributed by atoms with E-state index in [1.165, 1.54) is 0 Å². The molecule has 5 nitrogen and oxygen atoms in total. The third kappa shape index (κ3) is 2.84. The van der Waals surface area contributed by atoms with Gasteiger partial charge in [-0.05, 0) is 28.8 Å². The first-order valence-electron chi connectivity index (χ1n) is 6.48. The van der Waals surface area contributed by atoms with Gasteiger partial charge in [0.2, 0.25) is 0 Å². The minimum absolute atomic E-state index is 0. The monoisotopic (exact) mass is 304 g/mol. The number of aromatic nitrogens is 1. The Morgan fingerprint density at radius 2 is 2.19 bits per heavy atom. The van der Waals surface area contributed by atoms with Gasteiger partial charge in [-0.1, -0.05) is 18.2 Å². The number of carbonyl (C=O) groups excluding carboxylic acids is 1. The van der Waals surface area contributed by atoms with Crippen molar-refractivity contribution in [1.82, 2.24) is 9.88 Å². The first kappa shape index (κ1) is 15.3. The Bertz CT molecular complexity index is 674. The van der Waals surface area contributed by atoms with Crippen LogP contribution in [0.5, 0.6) is 0 Å². The Balaban J connectivity index is 0.00000161. The van der Waals surface area contributed by atoms with Gasteiger partial charge in [0.15, 0.2) is 0 Å². The zero-order valence-corrected chi connectivity index (χ0v) is 12.5. The Morgan fingerprint density at radius 1 is 1.38 bits per heavy atom. The number of anilines is 1. The molecule has 3 N–H and O–H groups in total. The molecule has 6 heteroatoms. The number of amides is 2. The van der Waals surface area contributed by atoms with Gasteiger partial charge in [-0.3, -0.25) is 5.32 Å². The van der Waals surface area contributed by atoms with Crippen molar-refractivity contribution in [2.45, 2.75) is 13.1 Å². The molecule has 0 bridgehead atoms. The summed E-state index contributed by atoms with van der Waals surface area (Å²) in [5.41, 5.74) is 9.99. The maximum absolute atomic E-state index is 11.7. The zero-order valence-electron chi connectivity index (χ0n) is 11.7. The van der Waals surface area contributed by atoms with E-state index in [0.29, 0.717) is 18.9 Å². The molecule has 2 amide bonds. The van der Waals surface area contributed by atoms with Crippen molar-refractivity contribution in [2.24, 2.45) is 5.73 Å². The molecule has 0 atom stereocenters. The van der Waals surface area contributed by atoms with Crippen molar-refractivity contribution in [3.63, 3.8) is 0 Å². The highest BCUT2D eigenvalue weighted by Crippen LogP contribution is 2.31. The summed E-state index contributed by atoms with van der Waals surface area (Å²) in [6.45, 7) is 1.06. The fraction of sp³-hybridized carbons (Fsp3) is 0.200. The lowest BCUT2D eigenvalue weighted by Gasteiger charge is -2.27. The van der Waals surface area contributed by atoms with Gasteiger partial charge in [-0.25, -0.2) is 9.78 Å². The lowest BCUT2D eigenvalue weighted by molar-refractivity contribution is 0.218. The number of pyridine rings is 1. The Kier molecular flexibility index (Phi) is 4.45. The largest absolute Gasteiger partial charge is 0.326 e. The number of rotatable bonds is 2. The van der Waals surface area contributed by atoms with Crippen LogP contribution in [-0.4, -0.2) is 23.0 Å². The molecule has 0 radical (unpaired) electrons. The molecule has 2 aromatic rings. The summed E-state index contributed by atoms with van der Waals surface area (Å²) < 4.78 is 0. The molecule has 0 aliphatic carbocycles. The number of fused-ring (bicyclic) bond motifs is 1. The van der Waals surface area contributed by atoms with Crippen LogP contribution >= 0.6 is 12.4 Å². The van der Waals surface area contributed by atoms with Gasteiger partial charge in [0, 0.05) is 25.4 Å². The number of nitrogens with one attached hydrogen (secondary N) is 1. The Morgan fingerprint density at radius 3 is 2.95 bits per heavy atom. The first-order chi connectivity index (χ1) is 9.69. The third-order valence-electron chi connectivity index (χ3n) is 3.50. The van der Waals surface area contributed by atoms with E-state index in [0.717, 1.165) is 22.3 Å². The molecule has 0 fully saturated rings. The topological polar surface area (TPSA) is 71.2 Å². The summed E-state index contributed by atoms with van der Waals surface area (Å²) >= 11 is 0. The van der Waals surface area contributed by atoms with Crippen molar-refractivity contribution < 1.29 is 4.79 Å². The molecule has 1 aromatic carbocycles. The summed E-state index contributed by atoms with van der Waals surface area (Å²) in [7, 11) is 1.77. The first-order valence-corrected chi connectivity index (χ1v) is 6.48. The molecule has 0 spiro atoms. The molecule has 2 heterocycles. The molecule has 0 unspecified atom stereocenters. The number of halogens is 1. The van der Waals surface area contributed by atoms with Crippen molar-refractivity contribution in [3.8, 4) is 11.1 Å². The number of benzene rings is 1. The normalized spacial score (nSPS) is 13.2. The minimum atomic E-state index is -0.127. The summed E-state index contributed by atoms with van der Waals surface area (Å²) in [4.78, 5) is 17.6. The SMILES string of the molecule is CN1Cc2c(-c3cccc(CN)c3)ccnc2NC1=O.Cl. The predicted octanol–water partition coefficient (Wildman–Crippen LogP) is 2.61. The maximum Gasteiger partial charge on any atom is 0.323 e. The van der Waals surface area contributed by atoms with Crippen LogP contribution in [0, 0.1) is 0 Å². The van der Waals surface area contributed by atoms with Crippen LogP contribution in [0.2, 0.25) is 0 Å². The van der Waals surface area contributed by atoms with Crippen molar-refractivity contribution >= 4 is 24.3 Å². The molecule has 1 aliphatic rings. The van der Waals surface area contributed by atoms with E-state index >= 15 is 0 Å². The predicted molar refractivity (Wildman–Crippen MR) is 85.3 cm³/mol. The quantitative estimate of drug-likeness (QED) is 0.896. The Hall–Kier alpha value is -2.11. The van der Waals surface area contributed by atoms with Crippen LogP contribution in [-0.2, 0) is 13.1 Å². The fourth-order valence-corrected chi connectivity index (χ4v) is 2.40. The highest BCUT2D eigenvalue weighted by molar-refractivity contribution is 5.92. The minimum Gasteiger partial charge on any atom is -0.326 e. The molecule has 0 saturated carbocycles. The highest BCUT2D eigenvalue weighted by Gasteiger charge is 2.23. The molecule has 1 aromatic heterocycles. The van der Waals surface area contributed by atoms with Crippen LogP contribution in [0.4, 0.5) is 10.6 Å². The third-order valence-corrected chi connectivity index (χ3v) is 3.50. The molecule has 110 valence electrons. The van der Waals surface area contributed by atoms with Gasteiger partial charge < -0.3 is 10.6 Å². The number of hydrogen-bond donors (Lipinski definition) is 2. The van der Waals surface area contributed by atoms with E-state index in [-0.39, 0.29) is 18.4 Å². The van der Waals surface area contributed by atoms with Gasteiger partial charge in [0.05, 0.1) is 6.54 Å². The number of nitrogens with two attached hydrogens (primary N) is 1. The molecule has 3 rings (SSSR count). The zero-order chi connectivity index (χ0) is 14.1. The van der Waals surface area contributed by atoms with Gasteiger partial charge in [-0.15, -0.1) is 12.4 Å². The van der Waals surface area contributed by atoms with Crippen LogP contribution in [0.3, 0.4) is 0 Å². The summed E-state index contributed by atoms with van der Waals surface area (Å²) in [6, 6.07) is 9.97. The Labute approximate surface area is 129 Å². The van der Waals surface area contributed by atoms with E-state index in [2.05, 4.69) is 16.4 Å². The molecule has 21 heavy (non-hydrogen) atoms. The van der Waals surface area contributed by atoms with Crippen molar-refractivity contribution in [3.05, 3.63) is 47.7 Å². The average Bonchev–Trinajstić information content (AvgIpc) is 2.48. The smallest absolute Gasteiger partial charge is 0.323 e. The summed E-state index contributed by atoms with van der Waals surface area (Å²) in [6.07, 6.45) is 1.72. The second-order valence-electron chi connectivity index (χ2n) is 4.88. The van der Waals surface area contributed by atoms with Crippen LogP contribution < -0.4 is 11.1 Å². The number of carbonyl (C=O) groups is 1. The van der Waals surface area contributed by atoms with Gasteiger partial charge in [-0.2, -0.15) is 0 Å². The lowest BCUT2D eigenvalue weighted by Crippen LogP contribution is -2.36. The number of urea groups is 1. The number of nitrogens with zero attached hydrogens (tertiary/aromatic N) is 2. The second kappa shape index (κ2) is 6.11. The molecular weight excluding hydrogens is 288 g/mol. The van der Waals surface area contributed by atoms with Crippen molar-refractivity contribution in [1.29, 1.82) is 0 Å². The van der Waals surface area contributed by atoms with E-state index < -0.39 is 0 Å². The van der Waals surface area contributed by atoms with E-state index in [4.69, 9.17) is 5.73 Å². The fourth-order valence-electron chi connectivity index (χ4n) is 2.40.